The van der Waals surface area contributed by atoms with E-state index in [4.69, 9.17) is 0 Å². The molecular weight excluding hydrogens is 208 g/mol. The second kappa shape index (κ2) is 6.87. The molecule has 5 heteroatoms. The fraction of sp³-hybridized carbons (Fsp3) is 0.700. The van der Waals surface area contributed by atoms with Crippen molar-refractivity contribution in [2.24, 2.45) is 4.99 Å². The minimum Gasteiger partial charge on any atom is -0.303 e. The molecule has 0 aliphatic carbocycles. The van der Waals surface area contributed by atoms with Crippen LogP contribution in [0.2, 0.25) is 0 Å². The van der Waals surface area contributed by atoms with Gasteiger partial charge in [-0.15, -0.1) is 0 Å². The molecule has 0 amide bonds. The van der Waals surface area contributed by atoms with Crippen molar-refractivity contribution in [2.75, 3.05) is 26.4 Å². The first-order valence-corrected chi connectivity index (χ1v) is 6.12. The lowest BCUT2D eigenvalue weighted by Crippen LogP contribution is -2.35. The molecular formula is C10H19N4S. The Morgan fingerprint density at radius 2 is 2.40 bits per heavy atom. The Morgan fingerprint density at radius 3 is 2.93 bits per heavy atom. The summed E-state index contributed by atoms with van der Waals surface area (Å²) in [5.41, 5.74) is 4.50. The van der Waals surface area contributed by atoms with Gasteiger partial charge in [-0.1, -0.05) is 6.92 Å². The Morgan fingerprint density at radius 1 is 1.60 bits per heavy atom. The zero-order valence-electron chi connectivity index (χ0n) is 9.63. The monoisotopic (exact) mass is 227 g/mol. The van der Waals surface area contributed by atoms with Crippen molar-refractivity contribution in [2.45, 2.75) is 19.4 Å². The van der Waals surface area contributed by atoms with Crippen LogP contribution in [0.5, 0.6) is 0 Å². The van der Waals surface area contributed by atoms with Crippen LogP contribution in [-0.4, -0.2) is 48.1 Å². The van der Waals surface area contributed by atoms with E-state index in [0.717, 1.165) is 18.7 Å². The number of nitrogens with zero attached hydrogens (tertiary/aromatic N) is 4. The number of rotatable bonds is 6. The average molecular weight is 227 g/mol. The summed E-state index contributed by atoms with van der Waals surface area (Å²) in [6.45, 7) is 3.11. The van der Waals surface area contributed by atoms with E-state index in [1.165, 1.54) is 0 Å². The minimum absolute atomic E-state index is 0.393. The van der Waals surface area contributed by atoms with Gasteiger partial charge in [-0.2, -0.15) is 5.43 Å². The Balaban J connectivity index is 2.21. The van der Waals surface area contributed by atoms with E-state index in [9.17, 15) is 0 Å². The highest BCUT2D eigenvalue weighted by Gasteiger charge is 2.11. The van der Waals surface area contributed by atoms with Crippen LogP contribution in [0.25, 0.3) is 0 Å². The molecule has 1 aliphatic heterocycles. The van der Waals surface area contributed by atoms with Gasteiger partial charge >= 0.3 is 0 Å². The summed E-state index contributed by atoms with van der Waals surface area (Å²) in [6, 6.07) is 0.393. The first kappa shape index (κ1) is 12.5. The normalized spacial score (nSPS) is 17.5. The third-order valence-electron chi connectivity index (χ3n) is 1.97. The largest absolute Gasteiger partial charge is 0.303 e. The topological polar surface area (TPSA) is 32.9 Å². The molecule has 1 atom stereocenters. The van der Waals surface area contributed by atoms with Crippen LogP contribution in [0.1, 0.15) is 13.3 Å². The van der Waals surface area contributed by atoms with Gasteiger partial charge in [0.1, 0.15) is 6.34 Å². The minimum atomic E-state index is 0.393. The maximum Gasteiger partial charge on any atom is 0.101 e. The first-order valence-electron chi connectivity index (χ1n) is 5.18. The van der Waals surface area contributed by atoms with Crippen molar-refractivity contribution in [3.63, 3.8) is 0 Å². The van der Waals surface area contributed by atoms with Crippen molar-refractivity contribution in [1.82, 2.24) is 14.7 Å². The molecule has 0 saturated heterocycles. The average Bonchev–Trinajstić information content (AvgIpc) is 2.25. The zero-order chi connectivity index (χ0) is 11.1. The molecule has 0 spiro atoms. The number of aliphatic imine (C=N–C) groups is 1. The molecule has 0 saturated carbocycles. The van der Waals surface area contributed by atoms with E-state index in [0.29, 0.717) is 6.04 Å². The van der Waals surface area contributed by atoms with Crippen molar-refractivity contribution in [1.29, 1.82) is 0 Å². The predicted octanol–water partition coefficient (Wildman–Crippen LogP) is 1.35. The summed E-state index contributed by atoms with van der Waals surface area (Å²) in [6.07, 6.45) is 6.83. The molecule has 0 aromatic carbocycles. The van der Waals surface area contributed by atoms with Gasteiger partial charge in [0.25, 0.3) is 0 Å². The summed E-state index contributed by atoms with van der Waals surface area (Å²) in [5.74, 6) is 1.01. The van der Waals surface area contributed by atoms with Gasteiger partial charge in [0.2, 0.25) is 0 Å². The van der Waals surface area contributed by atoms with Gasteiger partial charge in [-0.25, -0.2) is 10.0 Å². The lowest BCUT2D eigenvalue weighted by molar-refractivity contribution is 0.238. The van der Waals surface area contributed by atoms with Gasteiger partial charge in [-0.3, -0.25) is 0 Å². The van der Waals surface area contributed by atoms with Crippen LogP contribution in [0, 0.1) is 0 Å². The third kappa shape index (κ3) is 5.20. The summed E-state index contributed by atoms with van der Waals surface area (Å²) < 4.78 is 2.13. The van der Waals surface area contributed by atoms with Crippen LogP contribution < -0.4 is 5.43 Å². The Hall–Kier alpha value is -0.520. The molecule has 0 fully saturated rings. The van der Waals surface area contributed by atoms with E-state index in [-0.39, 0.29) is 0 Å². The second-order valence-corrected chi connectivity index (χ2v) is 4.63. The molecule has 1 heterocycles. The number of hydrogen-bond donors (Lipinski definition) is 0. The lowest BCUT2D eigenvalue weighted by atomic mass is 10.3. The van der Waals surface area contributed by atoms with E-state index in [2.05, 4.69) is 27.7 Å². The van der Waals surface area contributed by atoms with Crippen LogP contribution >= 0.6 is 11.9 Å². The van der Waals surface area contributed by atoms with Gasteiger partial charge in [-0.05, 0) is 24.4 Å². The van der Waals surface area contributed by atoms with Gasteiger partial charge in [0, 0.05) is 26.0 Å². The van der Waals surface area contributed by atoms with Crippen molar-refractivity contribution < 1.29 is 0 Å². The van der Waals surface area contributed by atoms with Gasteiger partial charge in [0.05, 0.1) is 12.6 Å². The Labute approximate surface area is 96.5 Å². The summed E-state index contributed by atoms with van der Waals surface area (Å²) in [4.78, 5) is 4.08. The maximum atomic E-state index is 4.50. The molecule has 1 rings (SSSR count). The van der Waals surface area contributed by atoms with E-state index in [1.54, 1.807) is 11.9 Å². The molecule has 1 unspecified atom stereocenters. The molecule has 4 nitrogen and oxygen atoms in total. The molecule has 0 aromatic heterocycles. The van der Waals surface area contributed by atoms with E-state index < -0.39 is 0 Å². The molecule has 1 radical (unpaired) electrons. The standard InChI is InChI=1S/C10H19N4S/c1-4-10(12-13(2)3)8-15-14-7-5-6-11-9-14/h5-6,9-10H,4,7-8H2,1-3H3. The van der Waals surface area contributed by atoms with Crippen molar-refractivity contribution in [3.05, 3.63) is 12.3 Å². The van der Waals surface area contributed by atoms with E-state index >= 15 is 0 Å². The molecule has 0 bridgehead atoms. The molecule has 1 aliphatic rings. The smallest absolute Gasteiger partial charge is 0.101 e. The van der Waals surface area contributed by atoms with Crippen LogP contribution in [0.15, 0.2) is 17.3 Å². The SMILES string of the molecule is CCC(CSN1C=NC=CC1)[N]N(C)C. The van der Waals surface area contributed by atoms with Crippen LogP contribution in [-0.2, 0) is 0 Å². The maximum absolute atomic E-state index is 4.50. The van der Waals surface area contributed by atoms with Crippen molar-refractivity contribution >= 4 is 18.3 Å². The summed E-state index contributed by atoms with van der Waals surface area (Å²) in [7, 11) is 3.94. The Kier molecular flexibility index (Phi) is 5.75. The highest BCUT2D eigenvalue weighted by Crippen LogP contribution is 2.13. The number of hydrogen-bond acceptors (Lipinski definition) is 4. The van der Waals surface area contributed by atoms with Gasteiger partial charge < -0.3 is 4.31 Å². The molecule has 85 valence electrons. The first-order chi connectivity index (χ1) is 7.22. The van der Waals surface area contributed by atoms with E-state index in [1.807, 2.05) is 31.6 Å². The lowest BCUT2D eigenvalue weighted by Gasteiger charge is -2.23. The fourth-order valence-electron chi connectivity index (χ4n) is 1.20. The predicted molar refractivity (Wildman–Crippen MR) is 66.7 cm³/mol. The molecule has 15 heavy (non-hydrogen) atoms. The Bertz CT molecular complexity index is 227. The highest BCUT2D eigenvalue weighted by molar-refractivity contribution is 7.97. The zero-order valence-corrected chi connectivity index (χ0v) is 10.4. The molecule has 0 aromatic rings. The summed E-state index contributed by atoms with van der Waals surface area (Å²) in [5, 5.41) is 1.89. The van der Waals surface area contributed by atoms with Gasteiger partial charge in [0.15, 0.2) is 0 Å². The second-order valence-electron chi connectivity index (χ2n) is 3.57. The quantitative estimate of drug-likeness (QED) is 0.507. The molecule has 0 N–H and O–H groups in total. The third-order valence-corrected chi connectivity index (χ3v) is 3.08. The van der Waals surface area contributed by atoms with Crippen molar-refractivity contribution in [3.8, 4) is 0 Å². The summed E-state index contributed by atoms with van der Waals surface area (Å²) >= 11 is 1.78. The van der Waals surface area contributed by atoms with Crippen LogP contribution in [0.3, 0.4) is 0 Å². The highest BCUT2D eigenvalue weighted by atomic mass is 32.2. The fourth-order valence-corrected chi connectivity index (χ4v) is 2.18. The van der Waals surface area contributed by atoms with Crippen LogP contribution in [0.4, 0.5) is 0 Å².